The van der Waals surface area contributed by atoms with E-state index in [-0.39, 0.29) is 5.92 Å². The highest BCUT2D eigenvalue weighted by atomic mass is 16.2. The first-order valence-corrected chi connectivity index (χ1v) is 9.44. The fourth-order valence-electron chi connectivity index (χ4n) is 3.83. The van der Waals surface area contributed by atoms with Crippen LogP contribution in [-0.2, 0) is 11.3 Å². The number of hydrogen-bond acceptors (Lipinski definition) is 3. The molecule has 1 aromatic carbocycles. The minimum absolute atomic E-state index is 0.243. The third kappa shape index (κ3) is 4.37. The Morgan fingerprint density at radius 1 is 0.958 bits per heavy atom. The molecule has 4 nitrogen and oxygen atoms in total. The second-order valence-electron chi connectivity index (χ2n) is 7.30. The van der Waals surface area contributed by atoms with Gasteiger partial charge in [0.2, 0.25) is 5.91 Å². The summed E-state index contributed by atoms with van der Waals surface area (Å²) in [6.07, 6.45) is 2.03. The molecule has 2 saturated heterocycles. The molecule has 2 aliphatic heterocycles. The van der Waals surface area contributed by atoms with Gasteiger partial charge < -0.3 is 9.80 Å². The maximum absolute atomic E-state index is 12.7. The van der Waals surface area contributed by atoms with Crippen LogP contribution in [0.15, 0.2) is 24.3 Å². The molecule has 0 N–H and O–H groups in total. The molecule has 0 bridgehead atoms. The quantitative estimate of drug-likeness (QED) is 0.848. The number of piperazine rings is 1. The third-order valence-electron chi connectivity index (χ3n) is 5.59. The fourth-order valence-corrected chi connectivity index (χ4v) is 3.83. The van der Waals surface area contributed by atoms with Crippen molar-refractivity contribution in [1.29, 1.82) is 0 Å². The van der Waals surface area contributed by atoms with E-state index in [0.29, 0.717) is 5.91 Å². The smallest absolute Gasteiger partial charge is 0.225 e. The van der Waals surface area contributed by atoms with E-state index in [1.807, 2.05) is 0 Å². The van der Waals surface area contributed by atoms with Crippen molar-refractivity contribution in [3.8, 4) is 0 Å². The zero-order chi connectivity index (χ0) is 16.9. The molecule has 132 valence electrons. The number of amides is 1. The first-order chi connectivity index (χ1) is 11.7. The van der Waals surface area contributed by atoms with Gasteiger partial charge in [0.1, 0.15) is 0 Å². The second kappa shape index (κ2) is 8.13. The van der Waals surface area contributed by atoms with Gasteiger partial charge in [0, 0.05) is 38.6 Å². The Balaban J connectivity index is 1.44. The minimum atomic E-state index is 0.243. The number of piperidine rings is 1. The van der Waals surface area contributed by atoms with Crippen molar-refractivity contribution in [2.45, 2.75) is 33.2 Å². The molecule has 2 fully saturated rings. The standard InChI is InChI=1S/C20H31N3O/c1-3-21-12-14-23(15-13-21)20(24)19-8-10-22(11-9-19)16-18-6-4-17(2)5-7-18/h4-7,19H,3,8-16H2,1-2H3. The average Bonchev–Trinajstić information content (AvgIpc) is 2.64. The molecule has 0 spiro atoms. The Hall–Kier alpha value is -1.39. The van der Waals surface area contributed by atoms with Crippen LogP contribution in [-0.4, -0.2) is 66.4 Å². The molecule has 0 radical (unpaired) electrons. The number of benzene rings is 1. The van der Waals surface area contributed by atoms with E-state index in [2.05, 4.69) is 52.8 Å². The molecule has 2 heterocycles. The van der Waals surface area contributed by atoms with E-state index in [0.717, 1.165) is 65.2 Å². The molecule has 1 aromatic rings. The predicted octanol–water partition coefficient (Wildman–Crippen LogP) is 2.37. The molecule has 24 heavy (non-hydrogen) atoms. The van der Waals surface area contributed by atoms with Gasteiger partial charge in [0.05, 0.1) is 0 Å². The monoisotopic (exact) mass is 329 g/mol. The summed E-state index contributed by atoms with van der Waals surface area (Å²) in [6.45, 7) is 12.4. The molecule has 4 heteroatoms. The summed E-state index contributed by atoms with van der Waals surface area (Å²) in [6, 6.07) is 8.81. The Morgan fingerprint density at radius 3 is 2.17 bits per heavy atom. The Morgan fingerprint density at radius 2 is 1.58 bits per heavy atom. The predicted molar refractivity (Wildman–Crippen MR) is 97.9 cm³/mol. The van der Waals surface area contributed by atoms with Crippen molar-refractivity contribution in [2.75, 3.05) is 45.8 Å². The van der Waals surface area contributed by atoms with Gasteiger partial charge in [-0.2, -0.15) is 0 Å². The molecule has 0 aromatic heterocycles. The van der Waals surface area contributed by atoms with Crippen LogP contribution in [0.4, 0.5) is 0 Å². The van der Waals surface area contributed by atoms with Crippen molar-refractivity contribution in [3.05, 3.63) is 35.4 Å². The van der Waals surface area contributed by atoms with Gasteiger partial charge >= 0.3 is 0 Å². The van der Waals surface area contributed by atoms with Gasteiger partial charge in [-0.25, -0.2) is 0 Å². The topological polar surface area (TPSA) is 26.8 Å². The fraction of sp³-hybridized carbons (Fsp3) is 0.650. The molecule has 3 rings (SSSR count). The molecule has 0 atom stereocenters. The SMILES string of the molecule is CCN1CCN(C(=O)C2CCN(Cc3ccc(C)cc3)CC2)CC1. The summed E-state index contributed by atoms with van der Waals surface area (Å²) in [5, 5.41) is 0. The largest absolute Gasteiger partial charge is 0.340 e. The highest BCUT2D eigenvalue weighted by Crippen LogP contribution is 2.22. The van der Waals surface area contributed by atoms with Crippen molar-refractivity contribution in [1.82, 2.24) is 14.7 Å². The molecular weight excluding hydrogens is 298 g/mol. The van der Waals surface area contributed by atoms with Gasteiger partial charge in [-0.1, -0.05) is 36.8 Å². The van der Waals surface area contributed by atoms with Gasteiger partial charge in [0.25, 0.3) is 0 Å². The molecule has 2 aliphatic rings. The first-order valence-electron chi connectivity index (χ1n) is 9.44. The van der Waals surface area contributed by atoms with E-state index in [1.165, 1.54) is 11.1 Å². The first kappa shape index (κ1) is 17.4. The summed E-state index contributed by atoms with van der Waals surface area (Å²) in [7, 11) is 0. The summed E-state index contributed by atoms with van der Waals surface area (Å²) in [4.78, 5) is 19.8. The van der Waals surface area contributed by atoms with E-state index in [9.17, 15) is 4.79 Å². The number of rotatable bonds is 4. The van der Waals surface area contributed by atoms with Crippen molar-refractivity contribution in [3.63, 3.8) is 0 Å². The van der Waals surface area contributed by atoms with Crippen LogP contribution in [0.5, 0.6) is 0 Å². The molecule has 0 saturated carbocycles. The highest BCUT2D eigenvalue weighted by Gasteiger charge is 2.30. The van der Waals surface area contributed by atoms with Crippen LogP contribution in [0, 0.1) is 12.8 Å². The van der Waals surface area contributed by atoms with Crippen LogP contribution < -0.4 is 0 Å². The Kier molecular flexibility index (Phi) is 5.90. The number of nitrogens with zero attached hydrogens (tertiary/aromatic N) is 3. The summed E-state index contributed by atoms with van der Waals surface area (Å²) >= 11 is 0. The lowest BCUT2D eigenvalue weighted by atomic mass is 9.94. The maximum Gasteiger partial charge on any atom is 0.225 e. The number of likely N-dealkylation sites (tertiary alicyclic amines) is 1. The summed E-state index contributed by atoms with van der Waals surface area (Å²) in [5.74, 6) is 0.646. The molecular formula is C20H31N3O. The number of carbonyl (C=O) groups is 1. The van der Waals surface area contributed by atoms with Crippen molar-refractivity contribution < 1.29 is 4.79 Å². The van der Waals surface area contributed by atoms with Crippen molar-refractivity contribution in [2.24, 2.45) is 5.92 Å². The normalized spacial score (nSPS) is 21.2. The molecule has 0 unspecified atom stereocenters. The van der Waals surface area contributed by atoms with Crippen LogP contribution in [0.2, 0.25) is 0 Å². The van der Waals surface area contributed by atoms with Crippen LogP contribution >= 0.6 is 0 Å². The highest BCUT2D eigenvalue weighted by molar-refractivity contribution is 5.79. The van der Waals surface area contributed by atoms with E-state index in [4.69, 9.17) is 0 Å². The molecule has 0 aliphatic carbocycles. The average molecular weight is 329 g/mol. The van der Waals surface area contributed by atoms with Crippen LogP contribution in [0.1, 0.15) is 30.9 Å². The number of carbonyl (C=O) groups excluding carboxylic acids is 1. The zero-order valence-electron chi connectivity index (χ0n) is 15.2. The van der Waals surface area contributed by atoms with E-state index in [1.54, 1.807) is 0 Å². The summed E-state index contributed by atoms with van der Waals surface area (Å²) < 4.78 is 0. The third-order valence-corrected chi connectivity index (χ3v) is 5.59. The van der Waals surface area contributed by atoms with Gasteiger partial charge in [0.15, 0.2) is 0 Å². The van der Waals surface area contributed by atoms with Gasteiger partial charge in [-0.15, -0.1) is 0 Å². The lowest BCUT2D eigenvalue weighted by Gasteiger charge is -2.38. The Labute approximate surface area is 146 Å². The lowest BCUT2D eigenvalue weighted by Crippen LogP contribution is -2.51. The number of aryl methyl sites for hydroxylation is 1. The number of hydrogen-bond donors (Lipinski definition) is 0. The molecule has 1 amide bonds. The van der Waals surface area contributed by atoms with Crippen molar-refractivity contribution >= 4 is 5.91 Å². The summed E-state index contributed by atoms with van der Waals surface area (Å²) in [5.41, 5.74) is 2.69. The van der Waals surface area contributed by atoms with Gasteiger partial charge in [-0.05, 0) is 45.0 Å². The number of likely N-dealkylation sites (N-methyl/N-ethyl adjacent to an activating group) is 1. The van der Waals surface area contributed by atoms with Crippen LogP contribution in [0.25, 0.3) is 0 Å². The minimum Gasteiger partial charge on any atom is -0.340 e. The maximum atomic E-state index is 12.7. The van der Waals surface area contributed by atoms with E-state index < -0.39 is 0 Å². The van der Waals surface area contributed by atoms with Crippen LogP contribution in [0.3, 0.4) is 0 Å². The van der Waals surface area contributed by atoms with Gasteiger partial charge in [-0.3, -0.25) is 9.69 Å². The Bertz CT molecular complexity index is 526. The zero-order valence-corrected chi connectivity index (χ0v) is 15.2. The second-order valence-corrected chi connectivity index (χ2v) is 7.30. The van der Waals surface area contributed by atoms with E-state index >= 15 is 0 Å². The lowest BCUT2D eigenvalue weighted by molar-refractivity contribution is -0.138.